The van der Waals surface area contributed by atoms with Gasteiger partial charge in [0.1, 0.15) is 25.0 Å². The Morgan fingerprint density at radius 2 is 1.85 bits per heavy atom. The molecular weight excluding hydrogens is 442 g/mol. The average molecular weight is 470 g/mol. The van der Waals surface area contributed by atoms with Crippen LogP contribution < -0.4 is 15.4 Å². The van der Waals surface area contributed by atoms with Gasteiger partial charge in [-0.25, -0.2) is 0 Å². The molecule has 0 bridgehead atoms. The molecule has 1 unspecified atom stereocenters. The molecule has 1 saturated heterocycles. The minimum atomic E-state index is -0.854. The summed E-state index contributed by atoms with van der Waals surface area (Å²) in [5, 5.41) is 5.53. The predicted octanol–water partition coefficient (Wildman–Crippen LogP) is 1.75. The molecule has 0 aromatic heterocycles. The third kappa shape index (κ3) is 7.28. The van der Waals surface area contributed by atoms with Gasteiger partial charge in [-0.2, -0.15) is 0 Å². The Morgan fingerprint density at radius 1 is 1.12 bits per heavy atom. The van der Waals surface area contributed by atoms with Crippen LogP contribution in [0.2, 0.25) is 0 Å². The van der Waals surface area contributed by atoms with E-state index in [-0.39, 0.29) is 43.0 Å². The standard InChI is InChI=1S/C24H27N3O5S/c1-17-7-5-6-8-18(17)15-21(28)26-24(33)27-12-11-25-23(30)20(27)16-22(29)32-14-13-31-19-9-3-2-4-10-19/h2-10,20H,11-16H2,1H3,(H,25,30)(H,26,28,33). The first-order chi connectivity index (χ1) is 15.9. The molecule has 2 aromatic carbocycles. The van der Waals surface area contributed by atoms with Crippen molar-refractivity contribution < 1.29 is 23.9 Å². The Bertz CT molecular complexity index is 999. The van der Waals surface area contributed by atoms with E-state index in [9.17, 15) is 14.4 Å². The summed E-state index contributed by atoms with van der Waals surface area (Å²) >= 11 is 5.38. The number of hydrogen-bond acceptors (Lipinski definition) is 6. The van der Waals surface area contributed by atoms with Gasteiger partial charge < -0.3 is 25.0 Å². The zero-order valence-corrected chi connectivity index (χ0v) is 19.2. The summed E-state index contributed by atoms with van der Waals surface area (Å²) in [6.07, 6.45) is -0.0219. The second-order valence-corrected chi connectivity index (χ2v) is 7.93. The summed E-state index contributed by atoms with van der Waals surface area (Å²) in [5.74, 6) is -0.486. The fourth-order valence-corrected chi connectivity index (χ4v) is 3.76. The van der Waals surface area contributed by atoms with Crippen LogP contribution in [0.4, 0.5) is 0 Å². The number of piperazine rings is 1. The SMILES string of the molecule is Cc1ccccc1CC(=O)NC(=S)N1CCNC(=O)C1CC(=O)OCCOc1ccccc1. The lowest BCUT2D eigenvalue weighted by molar-refractivity contribution is -0.148. The molecule has 0 spiro atoms. The van der Waals surface area contributed by atoms with E-state index in [4.69, 9.17) is 21.7 Å². The van der Waals surface area contributed by atoms with Crippen molar-refractivity contribution >= 4 is 35.1 Å². The molecule has 0 saturated carbocycles. The smallest absolute Gasteiger partial charge is 0.308 e. The number of nitrogens with zero attached hydrogens (tertiary/aromatic N) is 1. The highest BCUT2D eigenvalue weighted by molar-refractivity contribution is 7.80. The first kappa shape index (κ1) is 24.2. The zero-order chi connectivity index (χ0) is 23.6. The number of ether oxygens (including phenoxy) is 2. The molecule has 2 aromatic rings. The summed E-state index contributed by atoms with van der Waals surface area (Å²) in [6.45, 7) is 2.93. The lowest BCUT2D eigenvalue weighted by Gasteiger charge is -2.36. The molecule has 1 aliphatic rings. The van der Waals surface area contributed by atoms with Crippen LogP contribution in [0, 0.1) is 6.92 Å². The van der Waals surface area contributed by atoms with Crippen LogP contribution in [0.1, 0.15) is 17.5 Å². The van der Waals surface area contributed by atoms with E-state index < -0.39 is 12.0 Å². The highest BCUT2D eigenvalue weighted by atomic mass is 32.1. The molecule has 1 aliphatic heterocycles. The molecule has 1 heterocycles. The fraction of sp³-hybridized carbons (Fsp3) is 0.333. The second-order valence-electron chi connectivity index (χ2n) is 7.54. The van der Waals surface area contributed by atoms with E-state index in [0.29, 0.717) is 18.8 Å². The Balaban J connectivity index is 1.49. The van der Waals surface area contributed by atoms with Gasteiger partial charge >= 0.3 is 5.97 Å². The number of aryl methyl sites for hydroxylation is 1. The first-order valence-corrected chi connectivity index (χ1v) is 11.1. The van der Waals surface area contributed by atoms with Crippen molar-refractivity contribution in [1.82, 2.24) is 15.5 Å². The van der Waals surface area contributed by atoms with Gasteiger partial charge in [-0.3, -0.25) is 14.4 Å². The third-order valence-electron chi connectivity index (χ3n) is 5.17. The fourth-order valence-electron chi connectivity index (χ4n) is 3.43. The Hall–Kier alpha value is -3.46. The second kappa shape index (κ2) is 12.0. The summed E-state index contributed by atoms with van der Waals surface area (Å²) < 4.78 is 10.7. The molecule has 0 radical (unpaired) electrons. The minimum Gasteiger partial charge on any atom is -0.490 e. The van der Waals surface area contributed by atoms with Crippen LogP contribution in [-0.2, 0) is 25.5 Å². The van der Waals surface area contributed by atoms with Crippen molar-refractivity contribution in [1.29, 1.82) is 0 Å². The summed E-state index contributed by atoms with van der Waals surface area (Å²) in [7, 11) is 0. The van der Waals surface area contributed by atoms with Crippen molar-refractivity contribution in [3.63, 3.8) is 0 Å². The Kier molecular flexibility index (Phi) is 8.77. The van der Waals surface area contributed by atoms with E-state index in [1.807, 2.05) is 49.4 Å². The molecule has 2 N–H and O–H groups in total. The maximum atomic E-state index is 12.5. The van der Waals surface area contributed by atoms with E-state index in [1.54, 1.807) is 17.0 Å². The van der Waals surface area contributed by atoms with Crippen molar-refractivity contribution in [2.75, 3.05) is 26.3 Å². The van der Waals surface area contributed by atoms with E-state index in [1.165, 1.54) is 0 Å². The molecule has 3 rings (SSSR count). The van der Waals surface area contributed by atoms with Gasteiger partial charge in [0.25, 0.3) is 0 Å². The van der Waals surface area contributed by atoms with Crippen molar-refractivity contribution in [3.05, 3.63) is 65.7 Å². The number of amides is 2. The molecular formula is C24H27N3O5S. The third-order valence-corrected chi connectivity index (χ3v) is 5.51. The number of para-hydroxylation sites is 1. The number of esters is 1. The largest absolute Gasteiger partial charge is 0.490 e. The van der Waals surface area contributed by atoms with Gasteiger partial charge in [0.2, 0.25) is 11.8 Å². The molecule has 0 aliphatic carbocycles. The van der Waals surface area contributed by atoms with Crippen LogP contribution in [0.15, 0.2) is 54.6 Å². The van der Waals surface area contributed by atoms with Crippen molar-refractivity contribution in [3.8, 4) is 5.75 Å². The van der Waals surface area contributed by atoms with Gasteiger partial charge in [-0.05, 0) is 42.4 Å². The highest BCUT2D eigenvalue weighted by Gasteiger charge is 2.34. The number of thiocarbonyl (C=S) groups is 1. The van der Waals surface area contributed by atoms with E-state index in [2.05, 4.69) is 10.6 Å². The van der Waals surface area contributed by atoms with Crippen molar-refractivity contribution in [2.45, 2.75) is 25.8 Å². The monoisotopic (exact) mass is 469 g/mol. The topological polar surface area (TPSA) is 97.0 Å². The molecule has 9 heteroatoms. The Labute approximate surface area is 198 Å². The summed E-state index contributed by atoms with van der Waals surface area (Å²) in [5.41, 5.74) is 1.90. The van der Waals surface area contributed by atoms with Crippen LogP contribution in [-0.4, -0.2) is 60.1 Å². The minimum absolute atomic E-state index is 0.0552. The lowest BCUT2D eigenvalue weighted by atomic mass is 10.1. The molecule has 174 valence electrons. The number of nitrogens with one attached hydrogen (secondary N) is 2. The number of hydrogen-bond donors (Lipinski definition) is 2. The number of rotatable bonds is 8. The Morgan fingerprint density at radius 3 is 2.61 bits per heavy atom. The molecule has 33 heavy (non-hydrogen) atoms. The normalized spacial score (nSPS) is 15.4. The van der Waals surface area contributed by atoms with Gasteiger partial charge in [0.05, 0.1) is 12.8 Å². The first-order valence-electron chi connectivity index (χ1n) is 10.7. The molecule has 1 fully saturated rings. The zero-order valence-electron chi connectivity index (χ0n) is 18.4. The van der Waals surface area contributed by atoms with Crippen LogP contribution >= 0.6 is 12.2 Å². The van der Waals surface area contributed by atoms with Gasteiger partial charge in [-0.15, -0.1) is 0 Å². The number of carbonyl (C=O) groups excluding carboxylic acids is 3. The highest BCUT2D eigenvalue weighted by Crippen LogP contribution is 2.12. The maximum absolute atomic E-state index is 12.5. The predicted molar refractivity (Wildman–Crippen MR) is 127 cm³/mol. The lowest BCUT2D eigenvalue weighted by Crippen LogP contribution is -2.60. The van der Waals surface area contributed by atoms with Gasteiger partial charge in [0, 0.05) is 13.1 Å². The molecule has 1 atom stereocenters. The quantitative estimate of drug-likeness (QED) is 0.345. The van der Waals surface area contributed by atoms with E-state index >= 15 is 0 Å². The number of carbonyl (C=O) groups is 3. The molecule has 8 nitrogen and oxygen atoms in total. The van der Waals surface area contributed by atoms with Crippen LogP contribution in [0.5, 0.6) is 5.75 Å². The van der Waals surface area contributed by atoms with E-state index in [0.717, 1.165) is 11.1 Å². The van der Waals surface area contributed by atoms with Gasteiger partial charge in [-0.1, -0.05) is 42.5 Å². The van der Waals surface area contributed by atoms with Crippen LogP contribution in [0.25, 0.3) is 0 Å². The van der Waals surface area contributed by atoms with Gasteiger partial charge in [0.15, 0.2) is 5.11 Å². The summed E-state index contributed by atoms with van der Waals surface area (Å²) in [4.78, 5) is 38.8. The summed E-state index contributed by atoms with van der Waals surface area (Å²) in [6, 6.07) is 15.9. The van der Waals surface area contributed by atoms with Crippen LogP contribution in [0.3, 0.4) is 0 Å². The molecule has 2 amide bonds. The maximum Gasteiger partial charge on any atom is 0.308 e. The van der Waals surface area contributed by atoms with Crippen molar-refractivity contribution in [2.24, 2.45) is 0 Å². The number of benzene rings is 2. The average Bonchev–Trinajstić information content (AvgIpc) is 2.80.